The lowest BCUT2D eigenvalue weighted by Crippen LogP contribution is -2.30. The van der Waals surface area contributed by atoms with Crippen molar-refractivity contribution in [1.82, 2.24) is 0 Å². The average Bonchev–Trinajstić information content (AvgIpc) is 2.26. The summed E-state index contributed by atoms with van der Waals surface area (Å²) in [6, 6.07) is 7.59. The quantitative estimate of drug-likeness (QED) is 0.886. The number of anilines is 1. The highest BCUT2D eigenvalue weighted by atomic mass is 16.4. The van der Waals surface area contributed by atoms with E-state index in [1.54, 1.807) is 13.8 Å². The first-order chi connectivity index (χ1) is 9.04. The number of amides is 1. The van der Waals surface area contributed by atoms with E-state index >= 15 is 0 Å². The Balaban J connectivity index is 2.90. The largest absolute Gasteiger partial charge is 0.481 e. The van der Waals surface area contributed by atoms with E-state index in [1.807, 2.05) is 24.3 Å². The summed E-state index contributed by atoms with van der Waals surface area (Å²) in [5.74, 6) is -1.26. The van der Waals surface area contributed by atoms with Gasteiger partial charge >= 0.3 is 5.97 Å². The first-order valence-electron chi connectivity index (χ1n) is 6.67. The van der Waals surface area contributed by atoms with Crippen molar-refractivity contribution in [3.63, 3.8) is 0 Å². The third-order valence-corrected chi connectivity index (χ3v) is 3.19. The van der Waals surface area contributed by atoms with Gasteiger partial charge in [-0.1, -0.05) is 39.0 Å². The highest BCUT2D eigenvalue weighted by molar-refractivity contribution is 5.94. The number of carboxylic acids is 1. The van der Waals surface area contributed by atoms with Crippen LogP contribution in [0.15, 0.2) is 24.3 Å². The zero-order valence-corrected chi connectivity index (χ0v) is 12.8. The molecule has 4 nitrogen and oxygen atoms in total. The molecule has 2 N–H and O–H groups in total. The van der Waals surface area contributed by atoms with E-state index in [0.29, 0.717) is 0 Å². The van der Waals surface area contributed by atoms with Gasteiger partial charge in [-0.15, -0.1) is 0 Å². The van der Waals surface area contributed by atoms with Crippen LogP contribution >= 0.6 is 0 Å². The number of carboxylic acid groups (broad SMARTS) is 1. The number of para-hydroxylation sites is 1. The molecule has 0 heterocycles. The zero-order chi connectivity index (χ0) is 15.6. The maximum Gasteiger partial charge on any atom is 0.309 e. The van der Waals surface area contributed by atoms with Gasteiger partial charge in [-0.2, -0.15) is 0 Å². The molecule has 0 aliphatic heterocycles. The molecule has 20 heavy (non-hydrogen) atoms. The number of benzene rings is 1. The van der Waals surface area contributed by atoms with Crippen LogP contribution in [0.25, 0.3) is 0 Å². The Morgan fingerprint density at radius 1 is 1.10 bits per heavy atom. The molecule has 4 heteroatoms. The van der Waals surface area contributed by atoms with Crippen LogP contribution in [-0.2, 0) is 15.0 Å². The van der Waals surface area contributed by atoms with E-state index in [4.69, 9.17) is 5.11 Å². The van der Waals surface area contributed by atoms with Crippen molar-refractivity contribution in [2.45, 2.75) is 46.5 Å². The molecule has 0 bridgehead atoms. The molecule has 0 atom stereocenters. The van der Waals surface area contributed by atoms with E-state index in [1.165, 1.54) is 0 Å². The summed E-state index contributed by atoms with van der Waals surface area (Å²) in [6.07, 6.45) is -0.0548. The molecule has 0 saturated carbocycles. The zero-order valence-electron chi connectivity index (χ0n) is 12.8. The Morgan fingerprint density at radius 3 is 2.15 bits per heavy atom. The van der Waals surface area contributed by atoms with Crippen molar-refractivity contribution < 1.29 is 14.7 Å². The van der Waals surface area contributed by atoms with Crippen LogP contribution in [0.3, 0.4) is 0 Å². The van der Waals surface area contributed by atoms with Crippen molar-refractivity contribution in [3.05, 3.63) is 29.8 Å². The van der Waals surface area contributed by atoms with Gasteiger partial charge in [-0.05, 0) is 30.9 Å². The fourth-order valence-corrected chi connectivity index (χ4v) is 1.92. The Bertz CT molecular complexity index is 513. The number of nitrogens with one attached hydrogen (secondary N) is 1. The predicted molar refractivity (Wildman–Crippen MR) is 79.8 cm³/mol. The molecule has 1 amide bonds. The fraction of sp³-hybridized carbons (Fsp3) is 0.500. The Morgan fingerprint density at radius 2 is 1.65 bits per heavy atom. The number of carbonyl (C=O) groups excluding carboxylic acids is 1. The molecule has 0 aliphatic carbocycles. The topological polar surface area (TPSA) is 66.4 Å². The summed E-state index contributed by atoms with van der Waals surface area (Å²) in [5, 5.41) is 11.9. The van der Waals surface area contributed by atoms with Gasteiger partial charge in [0.15, 0.2) is 0 Å². The molecular formula is C16H23NO3. The number of hydrogen-bond acceptors (Lipinski definition) is 2. The monoisotopic (exact) mass is 277 g/mol. The first kappa shape index (κ1) is 16.2. The van der Waals surface area contributed by atoms with Gasteiger partial charge in [0, 0.05) is 12.1 Å². The third kappa shape index (κ3) is 4.08. The van der Waals surface area contributed by atoms with E-state index < -0.39 is 11.4 Å². The van der Waals surface area contributed by atoms with Crippen molar-refractivity contribution >= 4 is 17.6 Å². The molecule has 0 fully saturated rings. The third-order valence-electron chi connectivity index (χ3n) is 3.19. The lowest BCUT2D eigenvalue weighted by molar-refractivity contribution is -0.148. The van der Waals surface area contributed by atoms with Crippen molar-refractivity contribution in [1.29, 1.82) is 0 Å². The van der Waals surface area contributed by atoms with Gasteiger partial charge in [0.05, 0.1) is 5.41 Å². The summed E-state index contributed by atoms with van der Waals surface area (Å²) >= 11 is 0. The van der Waals surface area contributed by atoms with E-state index in [9.17, 15) is 9.59 Å². The van der Waals surface area contributed by atoms with Gasteiger partial charge in [0.2, 0.25) is 5.91 Å². The highest BCUT2D eigenvalue weighted by Gasteiger charge is 2.30. The lowest BCUT2D eigenvalue weighted by Gasteiger charge is -2.24. The Hall–Kier alpha value is -1.84. The summed E-state index contributed by atoms with van der Waals surface area (Å²) in [6.45, 7) is 9.30. The number of carbonyl (C=O) groups is 2. The van der Waals surface area contributed by atoms with Crippen LogP contribution in [-0.4, -0.2) is 17.0 Å². The van der Waals surface area contributed by atoms with E-state index in [2.05, 4.69) is 26.1 Å². The molecule has 110 valence electrons. The first-order valence-corrected chi connectivity index (χ1v) is 6.67. The van der Waals surface area contributed by atoms with Gasteiger partial charge in [0.1, 0.15) is 0 Å². The highest BCUT2D eigenvalue weighted by Crippen LogP contribution is 2.30. The second-order valence-corrected chi connectivity index (χ2v) is 6.71. The maximum atomic E-state index is 12.0. The predicted octanol–water partition coefficient (Wildman–Crippen LogP) is 3.42. The van der Waals surface area contributed by atoms with Crippen molar-refractivity contribution in [2.24, 2.45) is 5.41 Å². The molecule has 0 spiro atoms. The van der Waals surface area contributed by atoms with E-state index in [0.717, 1.165) is 11.3 Å². The molecule has 0 aliphatic rings. The van der Waals surface area contributed by atoms with Gasteiger partial charge in [-0.3, -0.25) is 9.59 Å². The molecular weight excluding hydrogens is 254 g/mol. The smallest absolute Gasteiger partial charge is 0.309 e. The van der Waals surface area contributed by atoms with Crippen LogP contribution in [0, 0.1) is 5.41 Å². The van der Waals surface area contributed by atoms with Crippen LogP contribution in [0.2, 0.25) is 0 Å². The lowest BCUT2D eigenvalue weighted by atomic mass is 9.85. The average molecular weight is 277 g/mol. The van der Waals surface area contributed by atoms with E-state index in [-0.39, 0.29) is 17.7 Å². The fourth-order valence-electron chi connectivity index (χ4n) is 1.92. The molecule has 1 aromatic rings. The summed E-state index contributed by atoms with van der Waals surface area (Å²) < 4.78 is 0. The molecule has 0 radical (unpaired) electrons. The van der Waals surface area contributed by atoms with Crippen LogP contribution in [0.1, 0.15) is 46.6 Å². The summed E-state index contributed by atoms with van der Waals surface area (Å²) in [7, 11) is 0. The van der Waals surface area contributed by atoms with Crippen molar-refractivity contribution in [2.75, 3.05) is 5.32 Å². The van der Waals surface area contributed by atoms with Gasteiger partial charge in [0.25, 0.3) is 0 Å². The minimum Gasteiger partial charge on any atom is -0.481 e. The minimum atomic E-state index is -1.07. The number of aliphatic carboxylic acids is 1. The molecule has 0 saturated heterocycles. The van der Waals surface area contributed by atoms with Crippen LogP contribution in [0.5, 0.6) is 0 Å². The van der Waals surface area contributed by atoms with Crippen LogP contribution < -0.4 is 5.32 Å². The Kier molecular flexibility index (Phi) is 4.58. The second kappa shape index (κ2) is 5.65. The summed E-state index contributed by atoms with van der Waals surface area (Å²) in [5.41, 5.74) is 0.611. The minimum absolute atomic E-state index is 0.0548. The standard InChI is InChI=1S/C16H23NO3/c1-15(2,3)11-8-6-7-9-12(11)17-13(18)10-16(4,5)14(19)20/h6-9H,10H2,1-5H3,(H,17,18)(H,19,20). The number of rotatable bonds is 4. The molecule has 0 aromatic heterocycles. The number of hydrogen-bond donors (Lipinski definition) is 2. The van der Waals surface area contributed by atoms with Crippen LogP contribution in [0.4, 0.5) is 5.69 Å². The maximum absolute atomic E-state index is 12.0. The second-order valence-electron chi connectivity index (χ2n) is 6.71. The van der Waals surface area contributed by atoms with Gasteiger partial charge in [-0.25, -0.2) is 0 Å². The molecule has 1 aromatic carbocycles. The molecule has 0 unspecified atom stereocenters. The Labute approximate surface area is 120 Å². The summed E-state index contributed by atoms with van der Waals surface area (Å²) in [4.78, 5) is 23.1. The molecule has 1 rings (SSSR count). The SMILES string of the molecule is CC(C)(CC(=O)Nc1ccccc1C(C)(C)C)C(=O)O. The van der Waals surface area contributed by atoms with Crippen molar-refractivity contribution in [3.8, 4) is 0 Å². The normalized spacial score (nSPS) is 12.1. The van der Waals surface area contributed by atoms with Gasteiger partial charge < -0.3 is 10.4 Å².